The van der Waals surface area contributed by atoms with Crippen molar-refractivity contribution in [2.24, 2.45) is 0 Å². The Kier molecular flexibility index (Phi) is 6.98. The molecule has 2 N–H and O–H groups in total. The van der Waals surface area contributed by atoms with Crippen molar-refractivity contribution in [3.63, 3.8) is 0 Å². The van der Waals surface area contributed by atoms with Gasteiger partial charge in [-0.25, -0.2) is 0 Å². The Morgan fingerprint density at radius 2 is 1.76 bits per heavy atom. The quantitative estimate of drug-likeness (QED) is 0.806. The van der Waals surface area contributed by atoms with Crippen LogP contribution in [-0.2, 0) is 14.4 Å². The smallest absolute Gasteiger partial charge is 0.240 e. The van der Waals surface area contributed by atoms with Gasteiger partial charge in [-0.05, 0) is 31.0 Å². The minimum atomic E-state index is -0.212. The first kappa shape index (κ1) is 19.0. The van der Waals surface area contributed by atoms with Crippen LogP contribution in [0, 0.1) is 0 Å². The van der Waals surface area contributed by atoms with Gasteiger partial charge in [0.15, 0.2) is 0 Å². The first-order valence-corrected chi connectivity index (χ1v) is 8.91. The summed E-state index contributed by atoms with van der Waals surface area (Å²) in [4.78, 5) is 37.0. The summed E-state index contributed by atoms with van der Waals surface area (Å²) in [6, 6.07) is 7.15. The van der Waals surface area contributed by atoms with E-state index < -0.39 is 0 Å². The highest BCUT2D eigenvalue weighted by Gasteiger charge is 2.19. The van der Waals surface area contributed by atoms with Gasteiger partial charge in [-0.3, -0.25) is 14.4 Å². The lowest BCUT2D eigenvalue weighted by Crippen LogP contribution is -2.43. The summed E-state index contributed by atoms with van der Waals surface area (Å²) in [5.41, 5.74) is 1.19. The predicted octanol–water partition coefficient (Wildman–Crippen LogP) is 2.84. The van der Waals surface area contributed by atoms with Gasteiger partial charge in [-0.2, -0.15) is 0 Å². The fourth-order valence-corrected chi connectivity index (χ4v) is 3.18. The van der Waals surface area contributed by atoms with Gasteiger partial charge in [-0.15, -0.1) is 0 Å². The van der Waals surface area contributed by atoms with E-state index in [1.165, 1.54) is 31.6 Å². The Morgan fingerprint density at radius 3 is 2.36 bits per heavy atom. The van der Waals surface area contributed by atoms with Crippen LogP contribution in [0.5, 0.6) is 0 Å². The van der Waals surface area contributed by atoms with E-state index in [1.807, 2.05) is 0 Å². The number of anilines is 2. The van der Waals surface area contributed by atoms with Crippen molar-refractivity contribution in [3.05, 3.63) is 24.3 Å². The molecule has 0 aromatic heterocycles. The second-order valence-corrected chi connectivity index (χ2v) is 6.59. The van der Waals surface area contributed by atoms with E-state index in [-0.39, 0.29) is 30.3 Å². The van der Waals surface area contributed by atoms with E-state index in [2.05, 4.69) is 10.6 Å². The zero-order valence-corrected chi connectivity index (χ0v) is 15.0. The normalized spacial score (nSPS) is 15.1. The number of nitrogens with zero attached hydrogens (tertiary/aromatic N) is 1. The van der Waals surface area contributed by atoms with E-state index in [4.69, 9.17) is 0 Å². The molecule has 1 aromatic carbocycles. The SMILES string of the molecule is CC(=O)Nc1cccc(N(CC(=O)NC2CCCCCC2)C(C)=O)c1. The predicted molar refractivity (Wildman–Crippen MR) is 98.4 cm³/mol. The standard InChI is InChI=1S/C19H27N3O3/c1-14(23)20-17-10-7-11-18(12-17)22(15(2)24)13-19(25)21-16-8-5-3-4-6-9-16/h7,10-12,16H,3-6,8-9,13H2,1-2H3,(H,20,23)(H,21,25). The van der Waals surface area contributed by atoms with Crippen molar-refractivity contribution in [1.82, 2.24) is 5.32 Å². The Hall–Kier alpha value is -2.37. The van der Waals surface area contributed by atoms with Gasteiger partial charge in [-0.1, -0.05) is 31.7 Å². The molecule has 1 aliphatic rings. The fourth-order valence-electron chi connectivity index (χ4n) is 3.18. The maximum absolute atomic E-state index is 12.4. The van der Waals surface area contributed by atoms with Crippen molar-refractivity contribution in [2.75, 3.05) is 16.8 Å². The number of amides is 3. The third-order valence-electron chi connectivity index (χ3n) is 4.38. The lowest BCUT2D eigenvalue weighted by Gasteiger charge is -2.23. The maximum atomic E-state index is 12.4. The number of carbonyl (C=O) groups excluding carboxylic acids is 3. The van der Waals surface area contributed by atoms with Crippen LogP contribution in [0.25, 0.3) is 0 Å². The average molecular weight is 345 g/mol. The topological polar surface area (TPSA) is 78.5 Å². The van der Waals surface area contributed by atoms with Crippen LogP contribution in [0.15, 0.2) is 24.3 Å². The molecule has 1 aromatic rings. The number of carbonyl (C=O) groups is 3. The monoisotopic (exact) mass is 345 g/mol. The summed E-state index contributed by atoms with van der Waals surface area (Å²) in [5, 5.41) is 5.75. The van der Waals surface area contributed by atoms with Gasteiger partial charge in [0.05, 0.1) is 0 Å². The Bertz CT molecular complexity index is 622. The fraction of sp³-hybridized carbons (Fsp3) is 0.526. The lowest BCUT2D eigenvalue weighted by molar-refractivity contribution is -0.123. The van der Waals surface area contributed by atoms with Crippen LogP contribution in [0.4, 0.5) is 11.4 Å². The first-order chi connectivity index (χ1) is 12.0. The number of hydrogen-bond donors (Lipinski definition) is 2. The molecule has 0 atom stereocenters. The van der Waals surface area contributed by atoms with E-state index in [0.29, 0.717) is 11.4 Å². The van der Waals surface area contributed by atoms with Crippen LogP contribution in [0.2, 0.25) is 0 Å². The summed E-state index contributed by atoms with van der Waals surface area (Å²) >= 11 is 0. The molecule has 136 valence electrons. The van der Waals surface area contributed by atoms with Crippen molar-refractivity contribution in [2.45, 2.75) is 58.4 Å². The summed E-state index contributed by atoms with van der Waals surface area (Å²) in [6.07, 6.45) is 6.73. The van der Waals surface area contributed by atoms with Crippen LogP contribution in [0.1, 0.15) is 52.4 Å². The van der Waals surface area contributed by atoms with Crippen molar-refractivity contribution in [1.29, 1.82) is 0 Å². The van der Waals surface area contributed by atoms with Gasteiger partial charge >= 0.3 is 0 Å². The highest BCUT2D eigenvalue weighted by atomic mass is 16.2. The van der Waals surface area contributed by atoms with Crippen molar-refractivity contribution < 1.29 is 14.4 Å². The summed E-state index contributed by atoms with van der Waals surface area (Å²) in [6.45, 7) is 2.84. The molecule has 25 heavy (non-hydrogen) atoms. The number of rotatable bonds is 5. The van der Waals surface area contributed by atoms with Crippen LogP contribution in [0.3, 0.4) is 0 Å². The molecule has 1 saturated carbocycles. The number of benzene rings is 1. The van der Waals surface area contributed by atoms with Gasteiger partial charge < -0.3 is 15.5 Å². The van der Waals surface area contributed by atoms with Crippen LogP contribution < -0.4 is 15.5 Å². The molecular weight excluding hydrogens is 318 g/mol. The summed E-state index contributed by atoms with van der Waals surface area (Å²) in [7, 11) is 0. The minimum absolute atomic E-state index is 0.0185. The van der Waals surface area contributed by atoms with Gasteiger partial charge in [0, 0.05) is 31.3 Å². The van der Waals surface area contributed by atoms with Crippen molar-refractivity contribution in [3.8, 4) is 0 Å². The van der Waals surface area contributed by atoms with Gasteiger partial charge in [0.2, 0.25) is 17.7 Å². The van der Waals surface area contributed by atoms with Crippen LogP contribution >= 0.6 is 0 Å². The first-order valence-electron chi connectivity index (χ1n) is 8.91. The molecule has 6 heteroatoms. The number of nitrogens with one attached hydrogen (secondary N) is 2. The molecule has 0 saturated heterocycles. The van der Waals surface area contributed by atoms with E-state index >= 15 is 0 Å². The molecule has 0 unspecified atom stereocenters. The molecule has 2 rings (SSSR count). The van der Waals surface area contributed by atoms with E-state index in [9.17, 15) is 14.4 Å². The molecule has 0 aliphatic heterocycles. The molecule has 1 fully saturated rings. The van der Waals surface area contributed by atoms with Crippen molar-refractivity contribution >= 4 is 29.1 Å². The molecule has 0 radical (unpaired) electrons. The number of hydrogen-bond acceptors (Lipinski definition) is 3. The lowest BCUT2D eigenvalue weighted by atomic mass is 10.1. The Morgan fingerprint density at radius 1 is 1.08 bits per heavy atom. The third-order valence-corrected chi connectivity index (χ3v) is 4.38. The minimum Gasteiger partial charge on any atom is -0.352 e. The molecule has 0 spiro atoms. The molecule has 1 aliphatic carbocycles. The zero-order chi connectivity index (χ0) is 18.2. The highest BCUT2D eigenvalue weighted by molar-refractivity contribution is 5.98. The van der Waals surface area contributed by atoms with Crippen LogP contribution in [-0.4, -0.2) is 30.3 Å². The Balaban J connectivity index is 2.03. The molecule has 6 nitrogen and oxygen atoms in total. The summed E-state index contributed by atoms with van der Waals surface area (Å²) < 4.78 is 0. The maximum Gasteiger partial charge on any atom is 0.240 e. The molecule has 3 amide bonds. The molecule has 0 heterocycles. The zero-order valence-electron chi connectivity index (χ0n) is 15.0. The van der Waals surface area contributed by atoms with Gasteiger partial charge in [0.25, 0.3) is 0 Å². The molecular formula is C19H27N3O3. The second-order valence-electron chi connectivity index (χ2n) is 6.59. The second kappa shape index (κ2) is 9.20. The average Bonchev–Trinajstić information content (AvgIpc) is 2.80. The Labute approximate surface area is 149 Å². The highest BCUT2D eigenvalue weighted by Crippen LogP contribution is 2.20. The van der Waals surface area contributed by atoms with E-state index in [1.54, 1.807) is 24.3 Å². The van der Waals surface area contributed by atoms with Gasteiger partial charge in [0.1, 0.15) is 6.54 Å². The largest absolute Gasteiger partial charge is 0.352 e. The van der Waals surface area contributed by atoms with E-state index in [0.717, 1.165) is 25.7 Å². The summed E-state index contributed by atoms with van der Waals surface area (Å²) in [5.74, 6) is -0.541. The third kappa shape index (κ3) is 6.21. The molecule has 0 bridgehead atoms.